The van der Waals surface area contributed by atoms with E-state index in [0.717, 1.165) is 34.3 Å². The fourth-order valence-electron chi connectivity index (χ4n) is 3.30. The summed E-state index contributed by atoms with van der Waals surface area (Å²) in [5, 5.41) is 4.89. The molecule has 0 saturated heterocycles. The van der Waals surface area contributed by atoms with E-state index in [1.165, 1.54) is 18.4 Å². The third kappa shape index (κ3) is 3.64. The van der Waals surface area contributed by atoms with Crippen LogP contribution in [0.5, 0.6) is 0 Å². The molecule has 1 saturated carbocycles. The zero-order valence-electron chi connectivity index (χ0n) is 15.3. The monoisotopic (exact) mass is 364 g/mol. The largest absolute Gasteiger partial charge is 0.287 e. The van der Waals surface area contributed by atoms with Crippen LogP contribution in [0.15, 0.2) is 54.6 Å². The summed E-state index contributed by atoms with van der Waals surface area (Å²) in [6, 6.07) is 18.7. The second kappa shape index (κ2) is 7.17. The lowest BCUT2D eigenvalue weighted by atomic mass is 10.2. The van der Waals surface area contributed by atoms with Gasteiger partial charge in [0.1, 0.15) is 0 Å². The van der Waals surface area contributed by atoms with Crippen LogP contribution in [0.4, 0.5) is 0 Å². The number of benzene rings is 2. The van der Waals surface area contributed by atoms with Gasteiger partial charge in [-0.25, -0.2) is 4.68 Å². The molecule has 0 unspecified atom stereocenters. The minimum atomic E-state index is 0.716. The molecule has 1 heterocycles. The van der Waals surface area contributed by atoms with Gasteiger partial charge in [-0.1, -0.05) is 42.5 Å². The van der Waals surface area contributed by atoms with Gasteiger partial charge in [-0.3, -0.25) is 9.47 Å². The summed E-state index contributed by atoms with van der Waals surface area (Å²) in [5.41, 5.74) is 3.34. The molecule has 0 N–H and O–H groups in total. The van der Waals surface area contributed by atoms with E-state index in [-0.39, 0.29) is 0 Å². The Kier molecular flexibility index (Phi) is 4.74. The van der Waals surface area contributed by atoms with Gasteiger partial charge < -0.3 is 0 Å². The molecule has 3 aromatic rings. The van der Waals surface area contributed by atoms with Gasteiger partial charge in [-0.15, -0.1) is 5.10 Å². The van der Waals surface area contributed by atoms with Crippen molar-refractivity contribution in [3.05, 3.63) is 64.9 Å². The van der Waals surface area contributed by atoms with E-state index in [1.54, 1.807) is 0 Å². The molecule has 1 aromatic heterocycles. The van der Waals surface area contributed by atoms with Gasteiger partial charge in [0.15, 0.2) is 5.82 Å². The Labute approximate surface area is 159 Å². The number of rotatable bonds is 6. The molecule has 0 aliphatic heterocycles. The molecule has 4 rings (SSSR count). The quantitative estimate of drug-likeness (QED) is 0.594. The molecule has 0 radical (unpaired) electrons. The summed E-state index contributed by atoms with van der Waals surface area (Å²) in [6.07, 6.45) is 2.70. The lowest BCUT2D eigenvalue weighted by Crippen LogP contribution is -2.25. The average Bonchev–Trinajstić information content (AvgIpc) is 3.39. The Morgan fingerprint density at radius 2 is 1.88 bits per heavy atom. The van der Waals surface area contributed by atoms with E-state index >= 15 is 0 Å². The SMILES string of the molecule is Cc1cccc(-n2c(-c3ccccc3)nn(CN(C)CC3CC3)c2=S)c1. The summed E-state index contributed by atoms with van der Waals surface area (Å²) in [4.78, 5) is 2.32. The summed E-state index contributed by atoms with van der Waals surface area (Å²) in [6.45, 7) is 3.93. The smallest absolute Gasteiger partial charge is 0.204 e. The topological polar surface area (TPSA) is 26.0 Å². The van der Waals surface area contributed by atoms with Crippen molar-refractivity contribution in [2.24, 2.45) is 5.92 Å². The van der Waals surface area contributed by atoms with E-state index in [9.17, 15) is 0 Å². The van der Waals surface area contributed by atoms with Crippen LogP contribution in [0.1, 0.15) is 18.4 Å². The van der Waals surface area contributed by atoms with Crippen molar-refractivity contribution in [3.8, 4) is 17.1 Å². The van der Waals surface area contributed by atoms with Crippen LogP contribution in [0.25, 0.3) is 17.1 Å². The van der Waals surface area contributed by atoms with Crippen LogP contribution in [0.2, 0.25) is 0 Å². The van der Waals surface area contributed by atoms with Gasteiger partial charge in [-0.05, 0) is 62.6 Å². The van der Waals surface area contributed by atoms with Gasteiger partial charge in [0.25, 0.3) is 0 Å². The Morgan fingerprint density at radius 3 is 2.58 bits per heavy atom. The average molecular weight is 365 g/mol. The van der Waals surface area contributed by atoms with Crippen molar-refractivity contribution >= 4 is 12.2 Å². The number of nitrogens with zero attached hydrogens (tertiary/aromatic N) is 4. The normalized spacial score (nSPS) is 14.1. The first kappa shape index (κ1) is 17.2. The maximum atomic E-state index is 5.82. The number of hydrogen-bond donors (Lipinski definition) is 0. The second-order valence-electron chi connectivity index (χ2n) is 7.27. The number of aromatic nitrogens is 3. The molecular weight excluding hydrogens is 340 g/mol. The molecule has 0 spiro atoms. The van der Waals surface area contributed by atoms with Crippen LogP contribution >= 0.6 is 12.2 Å². The first-order valence-electron chi connectivity index (χ1n) is 9.12. The van der Waals surface area contributed by atoms with Crippen molar-refractivity contribution in [3.63, 3.8) is 0 Å². The van der Waals surface area contributed by atoms with Crippen molar-refractivity contribution < 1.29 is 0 Å². The fraction of sp³-hybridized carbons (Fsp3) is 0.333. The van der Waals surface area contributed by atoms with E-state index in [0.29, 0.717) is 6.67 Å². The summed E-state index contributed by atoms with van der Waals surface area (Å²) >= 11 is 5.82. The van der Waals surface area contributed by atoms with Crippen molar-refractivity contribution in [1.29, 1.82) is 0 Å². The highest BCUT2D eigenvalue weighted by molar-refractivity contribution is 7.71. The maximum Gasteiger partial charge on any atom is 0.204 e. The molecule has 4 nitrogen and oxygen atoms in total. The fourth-order valence-corrected chi connectivity index (χ4v) is 3.59. The molecule has 134 valence electrons. The zero-order valence-corrected chi connectivity index (χ0v) is 16.1. The number of aryl methyl sites for hydroxylation is 1. The third-order valence-corrected chi connectivity index (χ3v) is 5.17. The van der Waals surface area contributed by atoms with Crippen molar-refractivity contribution in [1.82, 2.24) is 19.2 Å². The first-order valence-corrected chi connectivity index (χ1v) is 9.53. The highest BCUT2D eigenvalue weighted by atomic mass is 32.1. The molecule has 26 heavy (non-hydrogen) atoms. The molecule has 1 aliphatic rings. The standard InChI is InChI=1S/C21H24N4S/c1-16-7-6-10-19(13-16)25-20(18-8-4-3-5-9-18)22-24(21(25)26)15-23(2)14-17-11-12-17/h3-10,13,17H,11-12,14-15H2,1-2H3. The molecule has 0 atom stereocenters. The highest BCUT2D eigenvalue weighted by Gasteiger charge is 2.23. The summed E-state index contributed by atoms with van der Waals surface area (Å²) < 4.78 is 4.77. The molecule has 1 fully saturated rings. The Hall–Kier alpha value is -2.24. The minimum absolute atomic E-state index is 0.716. The Bertz CT molecular complexity index is 954. The van der Waals surface area contributed by atoms with Crippen LogP contribution in [0, 0.1) is 17.6 Å². The lowest BCUT2D eigenvalue weighted by Gasteiger charge is -2.15. The van der Waals surface area contributed by atoms with Crippen LogP contribution < -0.4 is 0 Å². The van der Waals surface area contributed by atoms with E-state index < -0.39 is 0 Å². The zero-order chi connectivity index (χ0) is 18.1. The summed E-state index contributed by atoms with van der Waals surface area (Å²) in [7, 11) is 2.15. The Morgan fingerprint density at radius 1 is 1.12 bits per heavy atom. The summed E-state index contributed by atoms with van der Waals surface area (Å²) in [5.74, 6) is 1.74. The molecule has 2 aromatic carbocycles. The van der Waals surface area contributed by atoms with Gasteiger partial charge >= 0.3 is 0 Å². The van der Waals surface area contributed by atoms with Crippen molar-refractivity contribution in [2.75, 3.05) is 13.6 Å². The molecule has 0 amide bonds. The number of hydrogen-bond acceptors (Lipinski definition) is 3. The van der Waals surface area contributed by atoms with E-state index in [4.69, 9.17) is 17.3 Å². The van der Waals surface area contributed by atoms with Crippen LogP contribution in [0.3, 0.4) is 0 Å². The van der Waals surface area contributed by atoms with Crippen LogP contribution in [-0.2, 0) is 6.67 Å². The minimum Gasteiger partial charge on any atom is -0.287 e. The van der Waals surface area contributed by atoms with Gasteiger partial charge in [-0.2, -0.15) is 0 Å². The molecule has 1 aliphatic carbocycles. The second-order valence-corrected chi connectivity index (χ2v) is 7.63. The molecule has 5 heteroatoms. The maximum absolute atomic E-state index is 5.82. The molecule has 0 bridgehead atoms. The third-order valence-electron chi connectivity index (χ3n) is 4.77. The Balaban J connectivity index is 1.78. The van der Waals surface area contributed by atoms with Crippen LogP contribution in [-0.4, -0.2) is 32.8 Å². The van der Waals surface area contributed by atoms with Gasteiger partial charge in [0, 0.05) is 12.1 Å². The van der Waals surface area contributed by atoms with Gasteiger partial charge in [0.05, 0.1) is 12.4 Å². The molecular formula is C21H24N4S. The highest BCUT2D eigenvalue weighted by Crippen LogP contribution is 2.29. The first-order chi connectivity index (χ1) is 12.6. The predicted octanol–water partition coefficient (Wildman–Crippen LogP) is 4.68. The van der Waals surface area contributed by atoms with Gasteiger partial charge in [0.2, 0.25) is 4.77 Å². The van der Waals surface area contributed by atoms with E-state index in [2.05, 4.69) is 59.8 Å². The lowest BCUT2D eigenvalue weighted by molar-refractivity contribution is 0.243. The van der Waals surface area contributed by atoms with Crippen molar-refractivity contribution in [2.45, 2.75) is 26.4 Å². The van der Waals surface area contributed by atoms with E-state index in [1.807, 2.05) is 22.9 Å². The predicted molar refractivity (Wildman–Crippen MR) is 108 cm³/mol.